The summed E-state index contributed by atoms with van der Waals surface area (Å²) >= 11 is 0. The molecule has 0 atom stereocenters. The Balaban J connectivity index is 2.11. The monoisotopic (exact) mass is 337 g/mol. The second-order valence-electron chi connectivity index (χ2n) is 5.78. The summed E-state index contributed by atoms with van der Waals surface area (Å²) in [5.41, 5.74) is 2.43. The van der Waals surface area contributed by atoms with Gasteiger partial charge in [-0.15, -0.1) is 0 Å². The van der Waals surface area contributed by atoms with Crippen LogP contribution in [0.4, 0.5) is 11.4 Å². The van der Waals surface area contributed by atoms with Crippen LogP contribution in [0.3, 0.4) is 0 Å². The standard InChI is InChI=1S/C19H19N3O3/c1-3-17(23)20-11-5-7-13-15(9-11)22-16-10-12(21-18(24)4-2)6-8-14(16)19(13)25/h5-10H,3-4H2,1-2H3,(H,20,23)(H,21,24)(H,22,25). The Bertz CT molecular complexity index is 958. The topological polar surface area (TPSA) is 91.1 Å². The zero-order chi connectivity index (χ0) is 18.0. The van der Waals surface area contributed by atoms with E-state index < -0.39 is 0 Å². The van der Waals surface area contributed by atoms with Crippen LogP contribution in [-0.2, 0) is 9.59 Å². The molecule has 3 rings (SSSR count). The summed E-state index contributed by atoms with van der Waals surface area (Å²) < 4.78 is 0. The molecule has 0 aliphatic heterocycles. The zero-order valence-corrected chi connectivity index (χ0v) is 14.1. The molecule has 0 saturated carbocycles. The van der Waals surface area contributed by atoms with Crippen LogP contribution < -0.4 is 16.1 Å². The molecule has 0 spiro atoms. The van der Waals surface area contributed by atoms with E-state index in [4.69, 9.17) is 0 Å². The van der Waals surface area contributed by atoms with Gasteiger partial charge in [-0.3, -0.25) is 14.4 Å². The fraction of sp³-hybridized carbons (Fsp3) is 0.211. The van der Waals surface area contributed by atoms with Gasteiger partial charge in [-0.1, -0.05) is 13.8 Å². The molecule has 25 heavy (non-hydrogen) atoms. The molecule has 6 heteroatoms. The number of aromatic amines is 1. The number of aromatic nitrogens is 1. The molecular formula is C19H19N3O3. The molecule has 0 radical (unpaired) electrons. The van der Waals surface area contributed by atoms with Crippen LogP contribution in [-0.4, -0.2) is 16.8 Å². The number of carbonyl (C=O) groups is 2. The highest BCUT2D eigenvalue weighted by atomic mass is 16.2. The summed E-state index contributed by atoms with van der Waals surface area (Å²) in [5, 5.41) is 6.65. The molecule has 6 nitrogen and oxygen atoms in total. The fourth-order valence-electron chi connectivity index (χ4n) is 2.64. The molecule has 0 aliphatic carbocycles. The molecular weight excluding hydrogens is 318 g/mol. The number of anilines is 2. The molecule has 128 valence electrons. The molecule has 0 fully saturated rings. The largest absolute Gasteiger partial charge is 0.354 e. The van der Waals surface area contributed by atoms with Crippen LogP contribution in [0.2, 0.25) is 0 Å². The fourth-order valence-corrected chi connectivity index (χ4v) is 2.64. The van der Waals surface area contributed by atoms with Gasteiger partial charge in [0.15, 0.2) is 5.43 Å². The highest BCUT2D eigenvalue weighted by molar-refractivity contribution is 5.98. The highest BCUT2D eigenvalue weighted by Gasteiger charge is 2.08. The Labute approximate surface area is 144 Å². The molecule has 0 unspecified atom stereocenters. The molecule has 2 amide bonds. The van der Waals surface area contributed by atoms with E-state index in [1.807, 2.05) is 0 Å². The van der Waals surface area contributed by atoms with Crippen molar-refractivity contribution >= 4 is 45.0 Å². The minimum atomic E-state index is -0.0921. The number of benzene rings is 2. The summed E-state index contributed by atoms with van der Waals surface area (Å²) in [6.07, 6.45) is 0.763. The SMILES string of the molecule is CCC(=O)Nc1ccc2c(=O)c3ccc(NC(=O)CC)cc3[nH]c2c1. The van der Waals surface area contributed by atoms with Crippen LogP contribution in [0.15, 0.2) is 41.2 Å². The van der Waals surface area contributed by atoms with Gasteiger partial charge in [0, 0.05) is 35.0 Å². The number of carbonyl (C=O) groups excluding carboxylic acids is 2. The Morgan fingerprint density at radius 3 is 1.68 bits per heavy atom. The lowest BCUT2D eigenvalue weighted by molar-refractivity contribution is -0.116. The summed E-state index contributed by atoms with van der Waals surface area (Å²) in [7, 11) is 0. The minimum Gasteiger partial charge on any atom is -0.354 e. The van der Waals surface area contributed by atoms with E-state index in [-0.39, 0.29) is 17.2 Å². The average molecular weight is 337 g/mol. The van der Waals surface area contributed by atoms with E-state index in [0.717, 1.165) is 0 Å². The number of pyridine rings is 1. The molecule has 0 bridgehead atoms. The van der Waals surface area contributed by atoms with Gasteiger partial charge >= 0.3 is 0 Å². The van der Waals surface area contributed by atoms with E-state index in [0.29, 0.717) is 46.0 Å². The first-order chi connectivity index (χ1) is 12.0. The Hall–Kier alpha value is -3.15. The van der Waals surface area contributed by atoms with Gasteiger partial charge in [0.2, 0.25) is 11.8 Å². The van der Waals surface area contributed by atoms with Crippen molar-refractivity contribution in [3.05, 3.63) is 46.6 Å². The van der Waals surface area contributed by atoms with E-state index >= 15 is 0 Å². The summed E-state index contributed by atoms with van der Waals surface area (Å²) in [6.45, 7) is 3.55. The number of amides is 2. The van der Waals surface area contributed by atoms with Gasteiger partial charge in [-0.25, -0.2) is 0 Å². The average Bonchev–Trinajstić information content (AvgIpc) is 2.61. The smallest absolute Gasteiger partial charge is 0.224 e. The van der Waals surface area contributed by atoms with E-state index in [1.54, 1.807) is 50.2 Å². The Morgan fingerprint density at radius 1 is 0.840 bits per heavy atom. The molecule has 0 aliphatic rings. The van der Waals surface area contributed by atoms with Gasteiger partial charge in [-0.2, -0.15) is 0 Å². The first-order valence-electron chi connectivity index (χ1n) is 8.21. The third kappa shape index (κ3) is 3.38. The van der Waals surface area contributed by atoms with Gasteiger partial charge in [0.25, 0.3) is 0 Å². The van der Waals surface area contributed by atoms with Gasteiger partial charge < -0.3 is 15.6 Å². The van der Waals surface area contributed by atoms with Crippen LogP contribution in [0.5, 0.6) is 0 Å². The lowest BCUT2D eigenvalue weighted by atomic mass is 10.1. The first-order valence-corrected chi connectivity index (χ1v) is 8.21. The highest BCUT2D eigenvalue weighted by Crippen LogP contribution is 2.21. The van der Waals surface area contributed by atoms with Gasteiger partial charge in [0.1, 0.15) is 0 Å². The lowest BCUT2D eigenvalue weighted by Crippen LogP contribution is -2.11. The van der Waals surface area contributed by atoms with E-state index in [2.05, 4.69) is 15.6 Å². The van der Waals surface area contributed by atoms with Crippen LogP contribution in [0.25, 0.3) is 21.8 Å². The molecule has 3 N–H and O–H groups in total. The zero-order valence-electron chi connectivity index (χ0n) is 14.1. The second kappa shape index (κ2) is 6.76. The van der Waals surface area contributed by atoms with E-state index in [1.165, 1.54) is 0 Å². The maximum atomic E-state index is 12.7. The maximum absolute atomic E-state index is 12.7. The van der Waals surface area contributed by atoms with Crippen molar-refractivity contribution in [2.45, 2.75) is 26.7 Å². The Morgan fingerprint density at radius 2 is 1.28 bits per heavy atom. The number of hydrogen-bond acceptors (Lipinski definition) is 3. The molecule has 0 saturated heterocycles. The van der Waals surface area contributed by atoms with Crippen LogP contribution in [0, 0.1) is 0 Å². The number of hydrogen-bond donors (Lipinski definition) is 3. The Kier molecular flexibility index (Phi) is 4.52. The maximum Gasteiger partial charge on any atom is 0.224 e. The third-order valence-corrected chi connectivity index (χ3v) is 4.01. The van der Waals surface area contributed by atoms with Crippen molar-refractivity contribution in [2.75, 3.05) is 10.6 Å². The van der Waals surface area contributed by atoms with Crippen molar-refractivity contribution < 1.29 is 9.59 Å². The second-order valence-corrected chi connectivity index (χ2v) is 5.78. The third-order valence-electron chi connectivity index (χ3n) is 4.01. The van der Waals surface area contributed by atoms with Crippen molar-refractivity contribution in [3.8, 4) is 0 Å². The molecule has 2 aromatic carbocycles. The van der Waals surface area contributed by atoms with Crippen LogP contribution >= 0.6 is 0 Å². The minimum absolute atomic E-state index is 0.0907. The molecule has 3 aromatic rings. The van der Waals surface area contributed by atoms with Crippen LogP contribution in [0.1, 0.15) is 26.7 Å². The normalized spacial score (nSPS) is 10.8. The summed E-state index contributed by atoms with van der Waals surface area (Å²) in [6, 6.07) is 10.3. The van der Waals surface area contributed by atoms with E-state index in [9.17, 15) is 14.4 Å². The number of fused-ring (bicyclic) bond motifs is 2. The predicted octanol–water partition coefficient (Wildman–Crippen LogP) is 3.38. The van der Waals surface area contributed by atoms with Gasteiger partial charge in [-0.05, 0) is 36.4 Å². The quantitative estimate of drug-likeness (QED) is 0.637. The summed E-state index contributed by atoms with van der Waals surface area (Å²) in [4.78, 5) is 39.0. The van der Waals surface area contributed by atoms with Crippen molar-refractivity contribution in [1.29, 1.82) is 0 Å². The number of nitrogens with one attached hydrogen (secondary N) is 3. The first kappa shape index (κ1) is 16.7. The molecule has 1 aromatic heterocycles. The summed E-state index contributed by atoms with van der Waals surface area (Å²) in [5.74, 6) is -0.181. The number of H-pyrrole nitrogens is 1. The van der Waals surface area contributed by atoms with Gasteiger partial charge in [0.05, 0.1) is 11.0 Å². The predicted molar refractivity (Wildman–Crippen MR) is 99.9 cm³/mol. The lowest BCUT2D eigenvalue weighted by Gasteiger charge is -2.08. The van der Waals surface area contributed by atoms with Crippen molar-refractivity contribution in [1.82, 2.24) is 4.98 Å². The molecule has 1 heterocycles. The number of rotatable bonds is 4. The van der Waals surface area contributed by atoms with Crippen molar-refractivity contribution in [2.24, 2.45) is 0 Å². The van der Waals surface area contributed by atoms with Crippen molar-refractivity contribution in [3.63, 3.8) is 0 Å².